The number of anilines is 1. The highest BCUT2D eigenvalue weighted by Gasteiger charge is 2.22. The van der Waals surface area contributed by atoms with Gasteiger partial charge < -0.3 is 15.6 Å². The zero-order chi connectivity index (χ0) is 12.3. The van der Waals surface area contributed by atoms with E-state index in [0.29, 0.717) is 5.69 Å². The molecular formula is C12H17NO3. The molecule has 88 valence electrons. The molecule has 0 aliphatic carbocycles. The number of rotatable bonds is 4. The van der Waals surface area contributed by atoms with Gasteiger partial charge in [-0.05, 0) is 32.4 Å². The lowest BCUT2D eigenvalue weighted by Gasteiger charge is -2.26. The Hall–Kier alpha value is -1.71. The number of carboxylic acids is 1. The molecule has 0 amide bonds. The van der Waals surface area contributed by atoms with E-state index in [1.54, 1.807) is 12.1 Å². The van der Waals surface area contributed by atoms with E-state index in [-0.39, 0.29) is 11.3 Å². The monoisotopic (exact) mass is 223 g/mol. The van der Waals surface area contributed by atoms with Gasteiger partial charge in [0.25, 0.3) is 0 Å². The molecule has 0 bridgehead atoms. The molecule has 0 saturated heterocycles. The molecule has 16 heavy (non-hydrogen) atoms. The molecular weight excluding hydrogens is 206 g/mol. The molecule has 1 aromatic carbocycles. The van der Waals surface area contributed by atoms with Crippen LogP contribution >= 0.6 is 0 Å². The van der Waals surface area contributed by atoms with Crippen LogP contribution in [0.25, 0.3) is 0 Å². The van der Waals surface area contributed by atoms with Crippen LogP contribution in [0, 0.1) is 0 Å². The number of nitrogens with two attached hydrogens (primary N) is 1. The summed E-state index contributed by atoms with van der Waals surface area (Å²) in [4.78, 5) is 11.0. The lowest BCUT2D eigenvalue weighted by Crippen LogP contribution is -2.28. The second-order valence-electron chi connectivity index (χ2n) is 4.24. The summed E-state index contributed by atoms with van der Waals surface area (Å²) in [5.74, 6) is -0.781. The Morgan fingerprint density at radius 1 is 1.50 bits per heavy atom. The fourth-order valence-corrected chi connectivity index (χ4v) is 1.19. The Morgan fingerprint density at radius 3 is 2.62 bits per heavy atom. The minimum absolute atomic E-state index is 0.0986. The van der Waals surface area contributed by atoms with Crippen LogP contribution in [-0.2, 0) is 0 Å². The summed E-state index contributed by atoms with van der Waals surface area (Å²) < 4.78 is 5.67. The standard InChI is InChI=1S/C12H17NO3/c1-4-12(2,3)16-10-8(11(14)15)6-5-7-9(10)13/h5-7H,4,13H2,1-3H3,(H,14,15). The van der Waals surface area contributed by atoms with E-state index < -0.39 is 11.6 Å². The van der Waals surface area contributed by atoms with Crippen LogP contribution in [0.3, 0.4) is 0 Å². The summed E-state index contributed by atoms with van der Waals surface area (Å²) in [6.45, 7) is 5.76. The van der Waals surface area contributed by atoms with Crippen LogP contribution in [0.2, 0.25) is 0 Å². The first-order valence-electron chi connectivity index (χ1n) is 5.18. The van der Waals surface area contributed by atoms with Crippen LogP contribution in [0.5, 0.6) is 5.75 Å². The van der Waals surface area contributed by atoms with Crippen LogP contribution in [0.15, 0.2) is 18.2 Å². The highest BCUT2D eigenvalue weighted by Crippen LogP contribution is 2.30. The van der Waals surface area contributed by atoms with Gasteiger partial charge in [0.1, 0.15) is 11.2 Å². The van der Waals surface area contributed by atoms with Crippen molar-refractivity contribution in [3.63, 3.8) is 0 Å². The number of para-hydroxylation sites is 1. The number of benzene rings is 1. The maximum atomic E-state index is 11.0. The van der Waals surface area contributed by atoms with Gasteiger partial charge >= 0.3 is 5.97 Å². The summed E-state index contributed by atoms with van der Waals surface area (Å²) in [5, 5.41) is 9.02. The molecule has 1 aromatic rings. The van der Waals surface area contributed by atoms with E-state index in [1.807, 2.05) is 20.8 Å². The lowest BCUT2D eigenvalue weighted by molar-refractivity contribution is 0.0672. The zero-order valence-electron chi connectivity index (χ0n) is 9.78. The Balaban J connectivity index is 3.16. The highest BCUT2D eigenvalue weighted by atomic mass is 16.5. The fraction of sp³-hybridized carbons (Fsp3) is 0.417. The Morgan fingerprint density at radius 2 is 2.12 bits per heavy atom. The molecule has 0 aromatic heterocycles. The SMILES string of the molecule is CCC(C)(C)Oc1c(N)cccc1C(=O)O. The molecule has 0 heterocycles. The molecule has 4 heteroatoms. The van der Waals surface area contributed by atoms with Gasteiger partial charge in [0.2, 0.25) is 0 Å². The van der Waals surface area contributed by atoms with E-state index in [0.717, 1.165) is 6.42 Å². The average molecular weight is 223 g/mol. The third-order valence-corrected chi connectivity index (χ3v) is 2.51. The van der Waals surface area contributed by atoms with Crippen molar-refractivity contribution in [2.75, 3.05) is 5.73 Å². The Labute approximate surface area is 95.0 Å². The average Bonchev–Trinajstić information content (AvgIpc) is 2.20. The van der Waals surface area contributed by atoms with E-state index in [2.05, 4.69) is 0 Å². The summed E-state index contributed by atoms with van der Waals surface area (Å²) >= 11 is 0. The smallest absolute Gasteiger partial charge is 0.339 e. The van der Waals surface area contributed by atoms with Crippen molar-refractivity contribution < 1.29 is 14.6 Å². The summed E-state index contributed by atoms with van der Waals surface area (Å²) in [6, 6.07) is 4.72. The quantitative estimate of drug-likeness (QED) is 0.769. The third kappa shape index (κ3) is 2.66. The van der Waals surface area contributed by atoms with Crippen LogP contribution in [0.4, 0.5) is 5.69 Å². The predicted molar refractivity (Wildman–Crippen MR) is 62.8 cm³/mol. The van der Waals surface area contributed by atoms with Crippen molar-refractivity contribution in [3.05, 3.63) is 23.8 Å². The van der Waals surface area contributed by atoms with Gasteiger partial charge in [-0.3, -0.25) is 0 Å². The van der Waals surface area contributed by atoms with Crippen molar-refractivity contribution in [2.45, 2.75) is 32.8 Å². The largest absolute Gasteiger partial charge is 0.485 e. The highest BCUT2D eigenvalue weighted by molar-refractivity contribution is 5.93. The minimum atomic E-state index is -1.03. The first-order valence-corrected chi connectivity index (χ1v) is 5.18. The molecule has 0 saturated carbocycles. The molecule has 3 N–H and O–H groups in total. The predicted octanol–water partition coefficient (Wildman–Crippen LogP) is 2.53. The van der Waals surface area contributed by atoms with Gasteiger partial charge in [0.05, 0.1) is 5.69 Å². The molecule has 4 nitrogen and oxygen atoms in total. The Bertz CT molecular complexity index is 399. The van der Waals surface area contributed by atoms with Gasteiger partial charge in [0.15, 0.2) is 5.75 Å². The van der Waals surface area contributed by atoms with Crippen LogP contribution in [-0.4, -0.2) is 16.7 Å². The Kier molecular flexibility index (Phi) is 3.42. The van der Waals surface area contributed by atoms with Gasteiger partial charge in [-0.2, -0.15) is 0 Å². The molecule has 0 unspecified atom stereocenters. The first-order chi connectivity index (χ1) is 7.37. The van der Waals surface area contributed by atoms with E-state index in [9.17, 15) is 4.79 Å². The number of nitrogen functional groups attached to an aromatic ring is 1. The molecule has 0 spiro atoms. The number of aromatic carboxylic acids is 1. The van der Waals surface area contributed by atoms with E-state index >= 15 is 0 Å². The van der Waals surface area contributed by atoms with Gasteiger partial charge in [-0.25, -0.2) is 4.79 Å². The number of hydrogen-bond donors (Lipinski definition) is 2. The second-order valence-corrected chi connectivity index (χ2v) is 4.24. The molecule has 0 fully saturated rings. The number of carboxylic acid groups (broad SMARTS) is 1. The van der Waals surface area contributed by atoms with Crippen molar-refractivity contribution in [1.82, 2.24) is 0 Å². The molecule has 0 aliphatic rings. The van der Waals surface area contributed by atoms with Crippen molar-refractivity contribution in [3.8, 4) is 5.75 Å². The van der Waals surface area contributed by atoms with Crippen LogP contribution < -0.4 is 10.5 Å². The third-order valence-electron chi connectivity index (χ3n) is 2.51. The summed E-state index contributed by atoms with van der Waals surface area (Å²) in [6.07, 6.45) is 0.764. The topological polar surface area (TPSA) is 72.5 Å². The van der Waals surface area contributed by atoms with Gasteiger partial charge in [-0.15, -0.1) is 0 Å². The first kappa shape index (κ1) is 12.4. The molecule has 0 radical (unpaired) electrons. The lowest BCUT2D eigenvalue weighted by atomic mass is 10.1. The van der Waals surface area contributed by atoms with Gasteiger partial charge in [-0.1, -0.05) is 13.0 Å². The van der Waals surface area contributed by atoms with Crippen molar-refractivity contribution in [2.24, 2.45) is 0 Å². The summed E-state index contributed by atoms with van der Waals surface area (Å²) in [5.41, 5.74) is 5.75. The van der Waals surface area contributed by atoms with E-state index in [4.69, 9.17) is 15.6 Å². The normalized spacial score (nSPS) is 11.2. The maximum absolute atomic E-state index is 11.0. The molecule has 1 rings (SSSR count). The van der Waals surface area contributed by atoms with Crippen molar-refractivity contribution >= 4 is 11.7 Å². The zero-order valence-corrected chi connectivity index (χ0v) is 9.78. The minimum Gasteiger partial charge on any atom is -0.485 e. The van der Waals surface area contributed by atoms with E-state index in [1.165, 1.54) is 6.07 Å². The maximum Gasteiger partial charge on any atom is 0.339 e. The molecule has 0 aliphatic heterocycles. The number of hydrogen-bond acceptors (Lipinski definition) is 3. The van der Waals surface area contributed by atoms with Crippen LogP contribution in [0.1, 0.15) is 37.6 Å². The summed E-state index contributed by atoms with van der Waals surface area (Å²) in [7, 11) is 0. The number of ether oxygens (including phenoxy) is 1. The molecule has 0 atom stereocenters. The second kappa shape index (κ2) is 4.43. The van der Waals surface area contributed by atoms with Gasteiger partial charge in [0, 0.05) is 0 Å². The van der Waals surface area contributed by atoms with Crippen molar-refractivity contribution in [1.29, 1.82) is 0 Å². The number of carbonyl (C=O) groups is 1. The fourth-order valence-electron chi connectivity index (χ4n) is 1.19.